The van der Waals surface area contributed by atoms with Crippen LogP contribution in [0.3, 0.4) is 0 Å². The van der Waals surface area contributed by atoms with Crippen molar-refractivity contribution in [1.29, 1.82) is 5.26 Å². The predicted molar refractivity (Wildman–Crippen MR) is 84.1 cm³/mol. The highest BCUT2D eigenvalue weighted by Crippen LogP contribution is 2.28. The van der Waals surface area contributed by atoms with E-state index in [9.17, 15) is 10.1 Å². The fourth-order valence-corrected chi connectivity index (χ4v) is 3.24. The van der Waals surface area contributed by atoms with Crippen molar-refractivity contribution >= 4 is 5.78 Å². The third-order valence-electron chi connectivity index (χ3n) is 4.26. The molecule has 0 aromatic carbocycles. The number of imidazole rings is 1. The van der Waals surface area contributed by atoms with E-state index in [4.69, 9.17) is 0 Å². The summed E-state index contributed by atoms with van der Waals surface area (Å²) in [5, 5.41) is 9.54. The molecule has 3 rings (SSSR count). The summed E-state index contributed by atoms with van der Waals surface area (Å²) in [6.45, 7) is 5.68. The third-order valence-corrected chi connectivity index (χ3v) is 4.26. The summed E-state index contributed by atoms with van der Waals surface area (Å²) in [4.78, 5) is 25.8. The standard InChI is InChI=1S/C17H19N5O/c1-10-7-14(21-12(3)20-10)13(8-18)17(23)15-9-19-16-6-4-5-11(2)22(15)16/h7,9,11,13H,4-6H2,1-3H3/t11-,13+/m1/s1. The van der Waals surface area contributed by atoms with E-state index >= 15 is 0 Å². The molecule has 6 heteroatoms. The number of rotatable bonds is 3. The Bertz CT molecular complexity index is 782. The second-order valence-corrected chi connectivity index (χ2v) is 6.08. The lowest BCUT2D eigenvalue weighted by molar-refractivity contribution is 0.0965. The number of hydrogen-bond donors (Lipinski definition) is 0. The SMILES string of the molecule is Cc1cc([C@H](C#N)C(=O)c2cnc3n2[C@H](C)CCC3)nc(C)n1. The summed E-state index contributed by atoms with van der Waals surface area (Å²) < 4.78 is 1.98. The Morgan fingerprint density at radius 1 is 1.43 bits per heavy atom. The number of ketones is 1. The fraction of sp³-hybridized carbons (Fsp3) is 0.471. The van der Waals surface area contributed by atoms with Gasteiger partial charge in [-0.25, -0.2) is 15.0 Å². The van der Waals surface area contributed by atoms with Crippen LogP contribution in [0.5, 0.6) is 0 Å². The largest absolute Gasteiger partial charge is 0.323 e. The highest BCUT2D eigenvalue weighted by molar-refractivity contribution is 6.01. The van der Waals surface area contributed by atoms with Crippen LogP contribution in [0.1, 0.15) is 65.3 Å². The number of Topliss-reactive ketones (excluding diaryl/α,β-unsaturated/α-hetero) is 1. The number of aromatic nitrogens is 4. The molecular weight excluding hydrogens is 290 g/mol. The molecule has 0 unspecified atom stereocenters. The number of fused-ring (bicyclic) bond motifs is 1. The van der Waals surface area contributed by atoms with Gasteiger partial charge in [0.2, 0.25) is 5.78 Å². The van der Waals surface area contributed by atoms with Gasteiger partial charge in [0.05, 0.1) is 18.0 Å². The van der Waals surface area contributed by atoms with Crippen LogP contribution >= 0.6 is 0 Å². The molecule has 2 atom stereocenters. The maximum absolute atomic E-state index is 12.9. The molecule has 0 saturated heterocycles. The molecule has 23 heavy (non-hydrogen) atoms. The first kappa shape index (κ1) is 15.3. The Morgan fingerprint density at radius 3 is 2.91 bits per heavy atom. The molecule has 0 amide bonds. The summed E-state index contributed by atoms with van der Waals surface area (Å²) in [6.07, 6.45) is 4.58. The van der Waals surface area contributed by atoms with Crippen molar-refractivity contribution in [3.05, 3.63) is 41.0 Å². The highest BCUT2D eigenvalue weighted by Gasteiger charge is 2.30. The van der Waals surface area contributed by atoms with Gasteiger partial charge in [-0.3, -0.25) is 4.79 Å². The van der Waals surface area contributed by atoms with Crippen molar-refractivity contribution in [3.63, 3.8) is 0 Å². The zero-order valence-corrected chi connectivity index (χ0v) is 13.6. The monoisotopic (exact) mass is 309 g/mol. The second kappa shape index (κ2) is 5.92. The number of nitriles is 1. The van der Waals surface area contributed by atoms with Crippen molar-refractivity contribution in [2.75, 3.05) is 0 Å². The third kappa shape index (κ3) is 2.74. The zero-order valence-electron chi connectivity index (χ0n) is 13.6. The van der Waals surface area contributed by atoms with Crippen LogP contribution in [-0.2, 0) is 6.42 Å². The maximum Gasteiger partial charge on any atom is 0.204 e. The quantitative estimate of drug-likeness (QED) is 0.814. The number of carbonyl (C=O) groups is 1. The summed E-state index contributed by atoms with van der Waals surface area (Å²) in [7, 11) is 0. The average molecular weight is 309 g/mol. The first-order valence-electron chi connectivity index (χ1n) is 7.83. The van der Waals surface area contributed by atoms with Crippen molar-refractivity contribution in [1.82, 2.24) is 19.5 Å². The minimum atomic E-state index is -0.926. The van der Waals surface area contributed by atoms with Crippen molar-refractivity contribution in [2.45, 2.75) is 52.0 Å². The molecule has 118 valence electrons. The van der Waals surface area contributed by atoms with Crippen molar-refractivity contribution in [3.8, 4) is 6.07 Å². The molecule has 0 N–H and O–H groups in total. The molecule has 0 radical (unpaired) electrons. The van der Waals surface area contributed by atoms with E-state index in [1.54, 1.807) is 19.2 Å². The summed E-state index contributed by atoms with van der Waals surface area (Å²) in [6, 6.07) is 4.04. The van der Waals surface area contributed by atoms with Crippen LogP contribution < -0.4 is 0 Å². The van der Waals surface area contributed by atoms with Crippen LogP contribution in [0.25, 0.3) is 0 Å². The van der Waals surface area contributed by atoms with Crippen LogP contribution in [0.4, 0.5) is 0 Å². The van der Waals surface area contributed by atoms with Gasteiger partial charge in [0.15, 0.2) is 5.92 Å². The van der Waals surface area contributed by atoms with Gasteiger partial charge in [0, 0.05) is 18.2 Å². The number of nitrogens with zero attached hydrogens (tertiary/aromatic N) is 5. The molecule has 0 bridgehead atoms. The Kier molecular flexibility index (Phi) is 3.95. The predicted octanol–water partition coefficient (Wildman–Crippen LogP) is 2.68. The fourth-order valence-electron chi connectivity index (χ4n) is 3.24. The lowest BCUT2D eigenvalue weighted by Gasteiger charge is -2.24. The second-order valence-electron chi connectivity index (χ2n) is 6.08. The molecular formula is C17H19N5O. The number of aryl methyl sites for hydroxylation is 3. The van der Waals surface area contributed by atoms with Gasteiger partial charge in [0.1, 0.15) is 17.3 Å². The van der Waals surface area contributed by atoms with E-state index in [1.807, 2.05) is 11.5 Å². The van der Waals surface area contributed by atoms with Gasteiger partial charge in [-0.1, -0.05) is 0 Å². The van der Waals surface area contributed by atoms with Crippen LogP contribution in [-0.4, -0.2) is 25.3 Å². The normalized spacial score (nSPS) is 18.1. The molecule has 6 nitrogen and oxygen atoms in total. The Balaban J connectivity index is 2.02. The van der Waals surface area contributed by atoms with E-state index in [0.717, 1.165) is 30.8 Å². The molecule has 2 aromatic heterocycles. The molecule has 0 fully saturated rings. The van der Waals surface area contributed by atoms with E-state index in [-0.39, 0.29) is 11.8 Å². The molecule has 0 spiro atoms. The minimum Gasteiger partial charge on any atom is -0.323 e. The molecule has 0 saturated carbocycles. The smallest absolute Gasteiger partial charge is 0.204 e. The topological polar surface area (TPSA) is 84.5 Å². The van der Waals surface area contributed by atoms with Crippen molar-refractivity contribution in [2.24, 2.45) is 0 Å². The Labute approximate surface area is 135 Å². The summed E-state index contributed by atoms with van der Waals surface area (Å²) >= 11 is 0. The van der Waals surface area contributed by atoms with E-state index in [0.29, 0.717) is 17.2 Å². The van der Waals surface area contributed by atoms with Gasteiger partial charge < -0.3 is 4.57 Å². The molecule has 3 heterocycles. The molecule has 0 aliphatic carbocycles. The summed E-state index contributed by atoms with van der Waals surface area (Å²) in [5.74, 6) is 0.332. The number of carbonyl (C=O) groups excluding carboxylic acids is 1. The van der Waals surface area contributed by atoms with E-state index in [2.05, 4.69) is 27.9 Å². The Hall–Kier alpha value is -2.55. The summed E-state index contributed by atoms with van der Waals surface area (Å²) in [5.41, 5.74) is 1.72. The number of hydrogen-bond acceptors (Lipinski definition) is 5. The van der Waals surface area contributed by atoms with Crippen LogP contribution in [0.15, 0.2) is 12.3 Å². The maximum atomic E-state index is 12.9. The lowest BCUT2D eigenvalue weighted by atomic mass is 9.97. The molecule has 2 aromatic rings. The average Bonchev–Trinajstić information content (AvgIpc) is 2.92. The van der Waals surface area contributed by atoms with Crippen molar-refractivity contribution < 1.29 is 4.79 Å². The van der Waals surface area contributed by atoms with Gasteiger partial charge >= 0.3 is 0 Å². The van der Waals surface area contributed by atoms with Gasteiger partial charge in [-0.05, 0) is 39.7 Å². The molecule has 1 aliphatic heterocycles. The lowest BCUT2D eigenvalue weighted by Crippen LogP contribution is -2.23. The highest BCUT2D eigenvalue weighted by atomic mass is 16.1. The van der Waals surface area contributed by atoms with Gasteiger partial charge in [-0.2, -0.15) is 5.26 Å². The van der Waals surface area contributed by atoms with E-state index in [1.165, 1.54) is 0 Å². The van der Waals surface area contributed by atoms with Crippen LogP contribution in [0, 0.1) is 25.2 Å². The molecule has 1 aliphatic rings. The first-order valence-corrected chi connectivity index (χ1v) is 7.83. The Morgan fingerprint density at radius 2 is 2.22 bits per heavy atom. The minimum absolute atomic E-state index is 0.230. The van der Waals surface area contributed by atoms with Gasteiger partial charge in [-0.15, -0.1) is 0 Å². The van der Waals surface area contributed by atoms with E-state index < -0.39 is 5.92 Å². The van der Waals surface area contributed by atoms with Crippen LogP contribution in [0.2, 0.25) is 0 Å². The zero-order chi connectivity index (χ0) is 16.6. The van der Waals surface area contributed by atoms with Gasteiger partial charge in [0.25, 0.3) is 0 Å². The first-order chi connectivity index (χ1) is 11.0.